The van der Waals surface area contributed by atoms with E-state index in [2.05, 4.69) is 15.5 Å². The second-order valence-corrected chi connectivity index (χ2v) is 5.77. The molecule has 1 aromatic heterocycles. The van der Waals surface area contributed by atoms with E-state index in [-0.39, 0.29) is 18.3 Å². The lowest BCUT2D eigenvalue weighted by molar-refractivity contribution is -0.123. The molecule has 0 saturated heterocycles. The second-order valence-electron chi connectivity index (χ2n) is 4.71. The molecule has 20 heavy (non-hydrogen) atoms. The van der Waals surface area contributed by atoms with E-state index in [1.165, 1.54) is 11.3 Å². The lowest BCUT2D eigenvalue weighted by Gasteiger charge is -2.07. The van der Waals surface area contributed by atoms with Crippen LogP contribution in [0.1, 0.15) is 17.8 Å². The molecule has 0 unspecified atom stereocenters. The average Bonchev–Trinajstić information content (AvgIpc) is 3.03. The van der Waals surface area contributed by atoms with Crippen LogP contribution in [0.5, 0.6) is 0 Å². The standard InChI is InChI=1S/C13H14N4OS.ClH/c14-13(6-7-13)12(18)15-8-10-16-17-11(19-10)9-4-2-1-3-5-9;/h1-5H,6-8,14H2,(H,15,18);1H. The maximum atomic E-state index is 11.7. The molecule has 1 amide bonds. The van der Waals surface area contributed by atoms with Crippen LogP contribution in [0.2, 0.25) is 0 Å². The highest BCUT2D eigenvalue weighted by Crippen LogP contribution is 2.32. The van der Waals surface area contributed by atoms with Crippen LogP contribution in [0.15, 0.2) is 30.3 Å². The minimum Gasteiger partial charge on any atom is -0.348 e. The third-order valence-corrected chi connectivity index (χ3v) is 4.10. The molecule has 1 aromatic carbocycles. The fraction of sp³-hybridized carbons (Fsp3) is 0.308. The number of nitrogens with two attached hydrogens (primary N) is 1. The van der Waals surface area contributed by atoms with Crippen molar-refractivity contribution in [3.63, 3.8) is 0 Å². The predicted molar refractivity (Wildman–Crippen MR) is 80.6 cm³/mol. The largest absolute Gasteiger partial charge is 0.348 e. The number of amides is 1. The molecule has 1 saturated carbocycles. The number of halogens is 1. The van der Waals surface area contributed by atoms with Gasteiger partial charge in [-0.1, -0.05) is 41.7 Å². The van der Waals surface area contributed by atoms with Gasteiger partial charge in [0.1, 0.15) is 10.0 Å². The van der Waals surface area contributed by atoms with Gasteiger partial charge in [-0.25, -0.2) is 0 Å². The van der Waals surface area contributed by atoms with Gasteiger partial charge in [-0.15, -0.1) is 22.6 Å². The first-order valence-electron chi connectivity index (χ1n) is 6.12. The molecule has 7 heteroatoms. The summed E-state index contributed by atoms with van der Waals surface area (Å²) in [6.07, 6.45) is 1.54. The number of hydrogen-bond donors (Lipinski definition) is 2. The Hall–Kier alpha value is -1.50. The Kier molecular flexibility index (Phi) is 4.37. The number of benzene rings is 1. The molecular weight excluding hydrogens is 296 g/mol. The first kappa shape index (κ1) is 14.9. The quantitative estimate of drug-likeness (QED) is 0.901. The van der Waals surface area contributed by atoms with Gasteiger partial charge in [-0.2, -0.15) is 0 Å². The van der Waals surface area contributed by atoms with E-state index < -0.39 is 5.54 Å². The molecule has 3 rings (SSSR count). The van der Waals surface area contributed by atoms with E-state index in [9.17, 15) is 4.79 Å². The molecule has 1 fully saturated rings. The first-order valence-corrected chi connectivity index (χ1v) is 6.94. The lowest BCUT2D eigenvalue weighted by atomic mass is 10.2. The van der Waals surface area contributed by atoms with E-state index in [0.29, 0.717) is 6.54 Å². The van der Waals surface area contributed by atoms with Crippen molar-refractivity contribution in [3.8, 4) is 10.6 Å². The molecule has 3 N–H and O–H groups in total. The third-order valence-electron chi connectivity index (χ3n) is 3.13. The lowest BCUT2D eigenvalue weighted by Crippen LogP contribution is -2.42. The summed E-state index contributed by atoms with van der Waals surface area (Å²) in [6.45, 7) is 0.391. The van der Waals surface area contributed by atoms with Crippen molar-refractivity contribution in [1.29, 1.82) is 0 Å². The summed E-state index contributed by atoms with van der Waals surface area (Å²) in [5.74, 6) is -0.0936. The Labute approximate surface area is 127 Å². The van der Waals surface area contributed by atoms with Crippen molar-refractivity contribution in [3.05, 3.63) is 35.3 Å². The van der Waals surface area contributed by atoms with Crippen LogP contribution in [-0.4, -0.2) is 21.6 Å². The molecule has 0 aliphatic heterocycles. The van der Waals surface area contributed by atoms with Gasteiger partial charge in [0, 0.05) is 5.56 Å². The number of nitrogens with one attached hydrogen (secondary N) is 1. The fourth-order valence-electron chi connectivity index (χ4n) is 1.72. The molecule has 106 valence electrons. The maximum absolute atomic E-state index is 11.7. The average molecular weight is 311 g/mol. The Bertz CT molecular complexity index is 597. The normalized spacial score (nSPS) is 15.2. The molecule has 1 aliphatic rings. The zero-order valence-corrected chi connectivity index (χ0v) is 12.3. The molecule has 5 nitrogen and oxygen atoms in total. The molecule has 0 radical (unpaired) electrons. The minimum atomic E-state index is -0.632. The van der Waals surface area contributed by atoms with Gasteiger partial charge in [0.05, 0.1) is 12.1 Å². The number of nitrogens with zero attached hydrogens (tertiary/aromatic N) is 2. The Morgan fingerprint density at radius 3 is 2.65 bits per heavy atom. The highest BCUT2D eigenvalue weighted by atomic mass is 35.5. The molecule has 1 heterocycles. The Morgan fingerprint density at radius 2 is 2.00 bits per heavy atom. The minimum absolute atomic E-state index is 0. The van der Waals surface area contributed by atoms with Crippen LogP contribution < -0.4 is 11.1 Å². The van der Waals surface area contributed by atoms with Gasteiger partial charge in [-0.05, 0) is 12.8 Å². The monoisotopic (exact) mass is 310 g/mol. The van der Waals surface area contributed by atoms with Crippen LogP contribution in [0.3, 0.4) is 0 Å². The number of hydrogen-bond acceptors (Lipinski definition) is 5. The summed E-state index contributed by atoms with van der Waals surface area (Å²) in [7, 11) is 0. The van der Waals surface area contributed by atoms with E-state index in [0.717, 1.165) is 28.4 Å². The van der Waals surface area contributed by atoms with Crippen molar-refractivity contribution in [2.24, 2.45) is 5.73 Å². The molecule has 2 aromatic rings. The van der Waals surface area contributed by atoms with Gasteiger partial charge >= 0.3 is 0 Å². The van der Waals surface area contributed by atoms with Gasteiger partial charge in [-0.3, -0.25) is 4.79 Å². The molecular formula is C13H15ClN4OS. The molecule has 0 bridgehead atoms. The van der Waals surface area contributed by atoms with E-state index in [1.807, 2.05) is 30.3 Å². The van der Waals surface area contributed by atoms with Gasteiger partial charge in [0.25, 0.3) is 0 Å². The second kappa shape index (κ2) is 5.87. The number of carbonyl (C=O) groups excluding carboxylic acids is 1. The predicted octanol–water partition coefficient (Wildman–Crippen LogP) is 1.73. The summed E-state index contributed by atoms with van der Waals surface area (Å²) in [4.78, 5) is 11.7. The molecule has 0 spiro atoms. The van der Waals surface area contributed by atoms with Crippen LogP contribution in [0, 0.1) is 0 Å². The zero-order valence-electron chi connectivity index (χ0n) is 10.7. The van der Waals surface area contributed by atoms with Crippen molar-refractivity contribution in [2.45, 2.75) is 24.9 Å². The number of aromatic nitrogens is 2. The summed E-state index contributed by atoms with van der Waals surface area (Å²) in [5, 5.41) is 12.7. The van der Waals surface area contributed by atoms with Gasteiger partial charge < -0.3 is 11.1 Å². The first-order chi connectivity index (χ1) is 9.17. The fourth-order valence-corrected chi connectivity index (χ4v) is 2.50. The van der Waals surface area contributed by atoms with Crippen LogP contribution >= 0.6 is 23.7 Å². The van der Waals surface area contributed by atoms with Crippen molar-refractivity contribution in [1.82, 2.24) is 15.5 Å². The van der Waals surface area contributed by atoms with E-state index >= 15 is 0 Å². The molecule has 1 aliphatic carbocycles. The highest BCUT2D eigenvalue weighted by molar-refractivity contribution is 7.14. The summed E-state index contributed by atoms with van der Waals surface area (Å²) in [6, 6.07) is 9.86. The Morgan fingerprint density at radius 1 is 1.30 bits per heavy atom. The van der Waals surface area contributed by atoms with Gasteiger partial charge in [0.2, 0.25) is 5.91 Å². The SMILES string of the molecule is Cl.NC1(C(=O)NCc2nnc(-c3ccccc3)s2)CC1. The van der Waals surface area contributed by atoms with E-state index in [4.69, 9.17) is 5.73 Å². The van der Waals surface area contributed by atoms with Crippen LogP contribution in [0.4, 0.5) is 0 Å². The summed E-state index contributed by atoms with van der Waals surface area (Å²) < 4.78 is 0. The van der Waals surface area contributed by atoms with Crippen molar-refractivity contribution >= 4 is 29.7 Å². The van der Waals surface area contributed by atoms with Gasteiger partial charge in [0.15, 0.2) is 0 Å². The zero-order chi connectivity index (χ0) is 13.3. The van der Waals surface area contributed by atoms with Crippen molar-refractivity contribution in [2.75, 3.05) is 0 Å². The topological polar surface area (TPSA) is 80.9 Å². The smallest absolute Gasteiger partial charge is 0.240 e. The summed E-state index contributed by atoms with van der Waals surface area (Å²) in [5.41, 5.74) is 6.21. The number of carbonyl (C=O) groups is 1. The van der Waals surface area contributed by atoms with E-state index in [1.54, 1.807) is 0 Å². The summed E-state index contributed by atoms with van der Waals surface area (Å²) >= 11 is 1.48. The highest BCUT2D eigenvalue weighted by Gasteiger charge is 2.45. The number of rotatable bonds is 4. The van der Waals surface area contributed by atoms with Crippen LogP contribution in [-0.2, 0) is 11.3 Å². The van der Waals surface area contributed by atoms with Crippen LogP contribution in [0.25, 0.3) is 10.6 Å². The van der Waals surface area contributed by atoms with Crippen molar-refractivity contribution < 1.29 is 4.79 Å². The maximum Gasteiger partial charge on any atom is 0.240 e. The third kappa shape index (κ3) is 3.15. The Balaban J connectivity index is 0.00000147. The molecule has 0 atom stereocenters.